The summed E-state index contributed by atoms with van der Waals surface area (Å²) in [6.07, 6.45) is 6.83. The van der Waals surface area contributed by atoms with Crippen LogP contribution >= 0.6 is 0 Å². The Bertz CT molecular complexity index is 813. The van der Waals surface area contributed by atoms with Crippen molar-refractivity contribution in [3.63, 3.8) is 0 Å². The topological polar surface area (TPSA) is 79.3 Å². The minimum atomic E-state index is -2.91. The number of rotatable bonds is 6. The van der Waals surface area contributed by atoms with Gasteiger partial charge in [0.25, 0.3) is 0 Å². The molecule has 2 aromatic heterocycles. The Morgan fingerprint density at radius 3 is 2.60 bits per heavy atom. The fourth-order valence-corrected chi connectivity index (χ4v) is 4.71. The highest BCUT2D eigenvalue weighted by Crippen LogP contribution is 2.22. The lowest BCUT2D eigenvalue weighted by atomic mass is 10.2. The predicted octanol–water partition coefficient (Wildman–Crippen LogP) is 1.17. The maximum absolute atomic E-state index is 11.7. The molecule has 0 bridgehead atoms. The standard InChI is InChI=1S/C17H23N5O2S/c1-21(11-6-14-3-8-18-9-4-14)17-19-10-5-16(20-17)22(2)15-7-12-25(23,24)13-15/h3-5,8-10,15H,6-7,11-13H2,1-2H3. The van der Waals surface area contributed by atoms with E-state index in [-0.39, 0.29) is 17.5 Å². The molecule has 1 atom stereocenters. The molecule has 1 aliphatic heterocycles. The molecule has 3 rings (SSSR count). The van der Waals surface area contributed by atoms with E-state index in [1.54, 1.807) is 18.6 Å². The Balaban J connectivity index is 1.66. The van der Waals surface area contributed by atoms with E-state index in [1.165, 1.54) is 5.56 Å². The second-order valence-electron chi connectivity index (χ2n) is 6.41. The van der Waals surface area contributed by atoms with Gasteiger partial charge in [0, 0.05) is 45.3 Å². The average Bonchev–Trinajstić information content (AvgIpc) is 3.00. The van der Waals surface area contributed by atoms with Gasteiger partial charge in [-0.15, -0.1) is 0 Å². The molecule has 0 saturated carbocycles. The highest BCUT2D eigenvalue weighted by Gasteiger charge is 2.31. The van der Waals surface area contributed by atoms with Crippen LogP contribution in [0, 0.1) is 0 Å². The van der Waals surface area contributed by atoms with Gasteiger partial charge in [-0.05, 0) is 36.6 Å². The summed E-state index contributed by atoms with van der Waals surface area (Å²) < 4.78 is 23.4. The van der Waals surface area contributed by atoms with E-state index in [0.29, 0.717) is 12.4 Å². The summed E-state index contributed by atoms with van der Waals surface area (Å²) in [4.78, 5) is 16.9. The molecule has 8 heteroatoms. The largest absolute Gasteiger partial charge is 0.355 e. The zero-order valence-electron chi connectivity index (χ0n) is 14.5. The smallest absolute Gasteiger partial charge is 0.227 e. The molecular formula is C17H23N5O2S. The minimum absolute atomic E-state index is 0.0186. The zero-order valence-corrected chi connectivity index (χ0v) is 15.4. The maximum atomic E-state index is 11.7. The molecule has 3 heterocycles. The molecule has 1 fully saturated rings. The lowest BCUT2D eigenvalue weighted by Crippen LogP contribution is -2.33. The van der Waals surface area contributed by atoms with Gasteiger partial charge in [0.05, 0.1) is 11.5 Å². The van der Waals surface area contributed by atoms with Gasteiger partial charge in [-0.2, -0.15) is 4.98 Å². The number of anilines is 2. The quantitative estimate of drug-likeness (QED) is 0.764. The van der Waals surface area contributed by atoms with E-state index in [9.17, 15) is 8.42 Å². The third kappa shape index (κ3) is 4.45. The number of aromatic nitrogens is 3. The number of hydrogen-bond donors (Lipinski definition) is 0. The van der Waals surface area contributed by atoms with Gasteiger partial charge in [0.2, 0.25) is 5.95 Å². The minimum Gasteiger partial charge on any atom is -0.355 e. The van der Waals surface area contributed by atoms with E-state index in [1.807, 2.05) is 42.1 Å². The number of hydrogen-bond acceptors (Lipinski definition) is 7. The van der Waals surface area contributed by atoms with Crippen LogP contribution in [0.25, 0.3) is 0 Å². The van der Waals surface area contributed by atoms with Crippen LogP contribution in [0.2, 0.25) is 0 Å². The van der Waals surface area contributed by atoms with E-state index < -0.39 is 9.84 Å². The Morgan fingerprint density at radius 2 is 1.92 bits per heavy atom. The molecule has 2 aromatic rings. The Kier molecular flexibility index (Phi) is 5.17. The maximum Gasteiger partial charge on any atom is 0.227 e. The first kappa shape index (κ1) is 17.6. The van der Waals surface area contributed by atoms with Gasteiger partial charge < -0.3 is 9.80 Å². The summed E-state index contributed by atoms with van der Waals surface area (Å²) in [6.45, 7) is 0.787. The summed E-state index contributed by atoms with van der Waals surface area (Å²) in [7, 11) is 0.941. The predicted molar refractivity (Wildman–Crippen MR) is 98.7 cm³/mol. The number of sulfone groups is 1. The van der Waals surface area contributed by atoms with Gasteiger partial charge in [-0.3, -0.25) is 4.98 Å². The normalized spacial score (nSPS) is 18.9. The van der Waals surface area contributed by atoms with E-state index in [4.69, 9.17) is 0 Å². The van der Waals surface area contributed by atoms with Gasteiger partial charge in [0.15, 0.2) is 9.84 Å². The van der Waals surface area contributed by atoms with Crippen molar-refractivity contribution in [2.45, 2.75) is 18.9 Å². The van der Waals surface area contributed by atoms with E-state index >= 15 is 0 Å². The average molecular weight is 361 g/mol. The molecule has 0 aliphatic carbocycles. The van der Waals surface area contributed by atoms with Crippen LogP contribution in [0.3, 0.4) is 0 Å². The fourth-order valence-electron chi connectivity index (χ4n) is 2.93. The first-order valence-electron chi connectivity index (χ1n) is 8.31. The molecule has 25 heavy (non-hydrogen) atoms. The molecule has 7 nitrogen and oxygen atoms in total. The Hall–Kier alpha value is -2.22. The number of likely N-dealkylation sites (N-methyl/N-ethyl adjacent to an activating group) is 1. The second kappa shape index (κ2) is 7.35. The molecule has 134 valence electrons. The lowest BCUT2D eigenvalue weighted by Gasteiger charge is -2.25. The highest BCUT2D eigenvalue weighted by atomic mass is 32.2. The molecule has 0 spiro atoms. The molecule has 0 aromatic carbocycles. The summed E-state index contributed by atoms with van der Waals surface area (Å²) in [6, 6.07) is 5.80. The van der Waals surface area contributed by atoms with Crippen molar-refractivity contribution >= 4 is 21.6 Å². The number of pyridine rings is 1. The summed E-state index contributed by atoms with van der Waals surface area (Å²) >= 11 is 0. The van der Waals surface area contributed by atoms with Gasteiger partial charge in [-0.25, -0.2) is 13.4 Å². The third-order valence-electron chi connectivity index (χ3n) is 4.57. The summed E-state index contributed by atoms with van der Waals surface area (Å²) in [5, 5.41) is 0. The molecule has 0 N–H and O–H groups in total. The fraction of sp³-hybridized carbons (Fsp3) is 0.471. The highest BCUT2D eigenvalue weighted by molar-refractivity contribution is 7.91. The van der Waals surface area contributed by atoms with Crippen LogP contribution in [0.1, 0.15) is 12.0 Å². The summed E-state index contributed by atoms with van der Waals surface area (Å²) in [5.41, 5.74) is 1.21. The van der Waals surface area contributed by atoms with Crippen LogP contribution in [0.4, 0.5) is 11.8 Å². The van der Waals surface area contributed by atoms with Crippen molar-refractivity contribution in [1.29, 1.82) is 0 Å². The van der Waals surface area contributed by atoms with Crippen molar-refractivity contribution in [1.82, 2.24) is 15.0 Å². The third-order valence-corrected chi connectivity index (χ3v) is 6.32. The van der Waals surface area contributed by atoms with Gasteiger partial charge in [0.1, 0.15) is 5.82 Å². The Morgan fingerprint density at radius 1 is 1.16 bits per heavy atom. The first-order valence-corrected chi connectivity index (χ1v) is 10.1. The lowest BCUT2D eigenvalue weighted by molar-refractivity contribution is 0.600. The monoisotopic (exact) mass is 361 g/mol. The summed E-state index contributed by atoms with van der Waals surface area (Å²) in [5.74, 6) is 1.84. The van der Waals surface area contributed by atoms with Crippen molar-refractivity contribution in [2.24, 2.45) is 0 Å². The van der Waals surface area contributed by atoms with Crippen LogP contribution in [0.5, 0.6) is 0 Å². The van der Waals surface area contributed by atoms with Crippen molar-refractivity contribution in [3.05, 3.63) is 42.4 Å². The SMILES string of the molecule is CN(CCc1ccncc1)c1nccc(N(C)C2CCS(=O)(=O)C2)n1. The van der Waals surface area contributed by atoms with Crippen molar-refractivity contribution < 1.29 is 8.42 Å². The first-order chi connectivity index (χ1) is 11.9. The van der Waals surface area contributed by atoms with Crippen LogP contribution in [-0.2, 0) is 16.3 Å². The van der Waals surface area contributed by atoms with Crippen LogP contribution in [0.15, 0.2) is 36.8 Å². The Labute approximate surface area is 148 Å². The van der Waals surface area contributed by atoms with Gasteiger partial charge in [-0.1, -0.05) is 0 Å². The van der Waals surface area contributed by atoms with E-state index in [0.717, 1.165) is 18.8 Å². The van der Waals surface area contributed by atoms with Crippen LogP contribution < -0.4 is 9.80 Å². The molecule has 0 amide bonds. The van der Waals surface area contributed by atoms with Crippen molar-refractivity contribution in [3.8, 4) is 0 Å². The van der Waals surface area contributed by atoms with Gasteiger partial charge >= 0.3 is 0 Å². The molecular weight excluding hydrogens is 338 g/mol. The molecule has 1 aliphatic rings. The molecule has 1 unspecified atom stereocenters. The van der Waals surface area contributed by atoms with Crippen molar-refractivity contribution in [2.75, 3.05) is 41.9 Å². The van der Waals surface area contributed by atoms with Crippen LogP contribution in [-0.4, -0.2) is 61.6 Å². The molecule has 1 saturated heterocycles. The van der Waals surface area contributed by atoms with E-state index in [2.05, 4.69) is 15.0 Å². The second-order valence-corrected chi connectivity index (χ2v) is 8.64. The zero-order chi connectivity index (χ0) is 17.9. The number of nitrogens with zero attached hydrogens (tertiary/aromatic N) is 5. The molecule has 0 radical (unpaired) electrons.